The lowest BCUT2D eigenvalue weighted by Crippen LogP contribution is -2.26. The lowest BCUT2D eigenvalue weighted by molar-refractivity contribution is -0.135. The van der Waals surface area contributed by atoms with Crippen LogP contribution in [0.1, 0.15) is 11.1 Å². The van der Waals surface area contributed by atoms with Gasteiger partial charge in [-0.2, -0.15) is 0 Å². The fourth-order valence-electron chi connectivity index (χ4n) is 2.85. The van der Waals surface area contributed by atoms with Crippen LogP contribution < -0.4 is 4.90 Å². The summed E-state index contributed by atoms with van der Waals surface area (Å²) in [5.74, 6) is -1.54. The van der Waals surface area contributed by atoms with Gasteiger partial charge in [-0.3, -0.25) is 0 Å². The number of nitrogens with zero attached hydrogens (tertiary/aromatic N) is 1. The number of hydrogen-bond donors (Lipinski definition) is 0. The SMILES string of the molecule is COC(=O)C1=CN(c2cc(C)cc(C)c2)c2cc(F)ccc2S1(=O)=O. The quantitative estimate of drug-likeness (QED) is 0.606. The summed E-state index contributed by atoms with van der Waals surface area (Å²) in [6, 6.07) is 8.95. The first-order chi connectivity index (χ1) is 11.7. The van der Waals surface area contributed by atoms with Crippen LogP contribution in [0.4, 0.5) is 15.8 Å². The summed E-state index contributed by atoms with van der Waals surface area (Å²) >= 11 is 0. The molecule has 0 amide bonds. The van der Waals surface area contributed by atoms with Crippen molar-refractivity contribution in [3.8, 4) is 0 Å². The van der Waals surface area contributed by atoms with Crippen molar-refractivity contribution < 1.29 is 22.3 Å². The maximum absolute atomic E-state index is 13.8. The molecule has 5 nitrogen and oxygen atoms in total. The maximum Gasteiger partial charge on any atom is 0.351 e. The van der Waals surface area contributed by atoms with E-state index in [1.54, 1.807) is 0 Å². The van der Waals surface area contributed by atoms with E-state index in [0.717, 1.165) is 36.4 Å². The number of aryl methyl sites for hydroxylation is 2. The lowest BCUT2D eigenvalue weighted by Gasteiger charge is -2.29. The number of methoxy groups -OCH3 is 1. The zero-order valence-electron chi connectivity index (χ0n) is 13.9. The van der Waals surface area contributed by atoms with Gasteiger partial charge >= 0.3 is 5.97 Å². The molecule has 0 saturated carbocycles. The Kier molecular flexibility index (Phi) is 4.12. The lowest BCUT2D eigenvalue weighted by atomic mass is 10.1. The normalized spacial score (nSPS) is 15.4. The molecule has 0 fully saturated rings. The van der Waals surface area contributed by atoms with Gasteiger partial charge in [0.25, 0.3) is 0 Å². The number of benzene rings is 2. The molecule has 0 atom stereocenters. The third-order valence-electron chi connectivity index (χ3n) is 3.88. The first-order valence-corrected chi connectivity index (χ1v) is 8.94. The van der Waals surface area contributed by atoms with Crippen LogP contribution >= 0.6 is 0 Å². The zero-order valence-corrected chi connectivity index (χ0v) is 14.7. The second-order valence-corrected chi connectivity index (χ2v) is 7.70. The van der Waals surface area contributed by atoms with Gasteiger partial charge in [0.2, 0.25) is 9.84 Å². The van der Waals surface area contributed by atoms with E-state index in [1.807, 2.05) is 32.0 Å². The molecule has 0 bridgehead atoms. The molecule has 0 saturated heterocycles. The molecular formula is C18H16FNO4S. The van der Waals surface area contributed by atoms with Gasteiger partial charge in [-0.1, -0.05) is 6.07 Å². The summed E-state index contributed by atoms with van der Waals surface area (Å²) < 4.78 is 43.8. The molecule has 3 rings (SSSR count). The van der Waals surface area contributed by atoms with Crippen molar-refractivity contribution in [2.24, 2.45) is 0 Å². The Hall–Kier alpha value is -2.67. The molecule has 0 radical (unpaired) electrons. The molecule has 130 valence electrons. The van der Waals surface area contributed by atoms with Crippen molar-refractivity contribution in [3.63, 3.8) is 0 Å². The molecule has 0 N–H and O–H groups in total. The van der Waals surface area contributed by atoms with Crippen molar-refractivity contribution >= 4 is 27.2 Å². The Morgan fingerprint density at radius 2 is 1.72 bits per heavy atom. The maximum atomic E-state index is 13.8. The zero-order chi connectivity index (χ0) is 18.4. The van der Waals surface area contributed by atoms with Crippen molar-refractivity contribution in [1.82, 2.24) is 0 Å². The largest absolute Gasteiger partial charge is 0.465 e. The molecule has 0 aromatic heterocycles. The summed E-state index contributed by atoms with van der Waals surface area (Å²) in [5.41, 5.74) is 2.68. The summed E-state index contributed by atoms with van der Waals surface area (Å²) in [7, 11) is -2.98. The molecule has 0 spiro atoms. The number of halogens is 1. The molecule has 1 heterocycles. The van der Waals surface area contributed by atoms with E-state index in [0.29, 0.717) is 5.69 Å². The monoisotopic (exact) mass is 361 g/mol. The fraction of sp³-hybridized carbons (Fsp3) is 0.167. The summed E-state index contributed by atoms with van der Waals surface area (Å²) in [6.45, 7) is 3.79. The van der Waals surface area contributed by atoms with E-state index in [4.69, 9.17) is 0 Å². The van der Waals surface area contributed by atoms with E-state index >= 15 is 0 Å². The predicted octanol–water partition coefficient (Wildman–Crippen LogP) is 3.38. The van der Waals surface area contributed by atoms with Gasteiger partial charge in [0.15, 0.2) is 4.91 Å². The topological polar surface area (TPSA) is 63.7 Å². The Morgan fingerprint density at radius 3 is 2.32 bits per heavy atom. The molecule has 2 aromatic carbocycles. The van der Waals surface area contributed by atoms with Crippen molar-refractivity contribution in [2.75, 3.05) is 12.0 Å². The van der Waals surface area contributed by atoms with Crippen LogP contribution in [0.25, 0.3) is 0 Å². The number of carbonyl (C=O) groups is 1. The fourth-order valence-corrected chi connectivity index (χ4v) is 4.31. The van der Waals surface area contributed by atoms with Crippen molar-refractivity contribution in [2.45, 2.75) is 18.7 Å². The van der Waals surface area contributed by atoms with Crippen LogP contribution in [0.15, 0.2) is 52.4 Å². The van der Waals surface area contributed by atoms with E-state index in [2.05, 4.69) is 4.74 Å². The smallest absolute Gasteiger partial charge is 0.351 e. The van der Waals surface area contributed by atoms with E-state index in [9.17, 15) is 17.6 Å². The molecule has 0 aliphatic carbocycles. The second kappa shape index (κ2) is 6.00. The highest BCUT2D eigenvalue weighted by atomic mass is 32.2. The Labute approximate surface area is 145 Å². The van der Waals surface area contributed by atoms with Crippen LogP contribution in [-0.4, -0.2) is 21.5 Å². The van der Waals surface area contributed by atoms with Crippen LogP contribution in [-0.2, 0) is 19.4 Å². The van der Waals surface area contributed by atoms with Crippen LogP contribution in [0.3, 0.4) is 0 Å². The molecule has 1 aliphatic heterocycles. The first-order valence-electron chi connectivity index (χ1n) is 7.46. The van der Waals surface area contributed by atoms with Crippen molar-refractivity contribution in [3.05, 3.63) is 64.4 Å². The first kappa shape index (κ1) is 17.2. The van der Waals surface area contributed by atoms with Crippen LogP contribution in [0, 0.1) is 19.7 Å². The van der Waals surface area contributed by atoms with Gasteiger partial charge < -0.3 is 9.64 Å². The number of sulfone groups is 1. The van der Waals surface area contributed by atoms with Gasteiger partial charge in [-0.15, -0.1) is 0 Å². The average molecular weight is 361 g/mol. The summed E-state index contributed by atoms with van der Waals surface area (Å²) in [5, 5.41) is 0. The second-order valence-electron chi connectivity index (χ2n) is 5.82. The van der Waals surface area contributed by atoms with Crippen LogP contribution in [0.2, 0.25) is 0 Å². The molecule has 25 heavy (non-hydrogen) atoms. The molecule has 2 aromatic rings. The van der Waals surface area contributed by atoms with E-state index < -0.39 is 26.5 Å². The van der Waals surface area contributed by atoms with Gasteiger partial charge in [-0.25, -0.2) is 17.6 Å². The van der Waals surface area contributed by atoms with Gasteiger partial charge in [0, 0.05) is 11.9 Å². The number of esters is 1. The Bertz CT molecular complexity index is 991. The number of anilines is 2. The number of fused-ring (bicyclic) bond motifs is 1. The highest BCUT2D eigenvalue weighted by molar-refractivity contribution is 7.96. The minimum atomic E-state index is -4.09. The van der Waals surface area contributed by atoms with Crippen molar-refractivity contribution in [1.29, 1.82) is 0 Å². The third kappa shape index (κ3) is 2.91. The predicted molar refractivity (Wildman–Crippen MR) is 91.7 cm³/mol. The van der Waals surface area contributed by atoms with Crippen LogP contribution in [0.5, 0.6) is 0 Å². The number of carbonyl (C=O) groups excluding carboxylic acids is 1. The molecule has 1 aliphatic rings. The third-order valence-corrected chi connectivity index (χ3v) is 5.65. The molecule has 7 heteroatoms. The van der Waals surface area contributed by atoms with Gasteiger partial charge in [0.1, 0.15) is 5.82 Å². The Balaban J connectivity index is 2.32. The number of ether oxygens (including phenoxy) is 1. The van der Waals surface area contributed by atoms with Gasteiger partial charge in [0.05, 0.1) is 17.7 Å². The highest BCUT2D eigenvalue weighted by Gasteiger charge is 2.36. The highest BCUT2D eigenvalue weighted by Crippen LogP contribution is 2.40. The standard InChI is InChI=1S/C18H16FNO4S/c1-11-6-12(2)8-14(7-11)20-10-17(18(21)24-3)25(22,23)16-5-4-13(19)9-15(16)20/h4-10H,1-3H3. The number of hydrogen-bond acceptors (Lipinski definition) is 5. The molecule has 0 unspecified atom stereocenters. The van der Waals surface area contributed by atoms with E-state index in [1.165, 1.54) is 11.1 Å². The van der Waals surface area contributed by atoms with E-state index in [-0.39, 0.29) is 10.6 Å². The average Bonchev–Trinajstić information content (AvgIpc) is 2.53. The summed E-state index contributed by atoms with van der Waals surface area (Å²) in [6.07, 6.45) is 1.18. The number of rotatable bonds is 2. The Morgan fingerprint density at radius 1 is 1.08 bits per heavy atom. The summed E-state index contributed by atoms with van der Waals surface area (Å²) in [4.78, 5) is 12.9. The minimum absolute atomic E-state index is 0.143. The minimum Gasteiger partial charge on any atom is -0.465 e. The molecular weight excluding hydrogens is 345 g/mol. The van der Waals surface area contributed by atoms with Gasteiger partial charge in [-0.05, 0) is 55.3 Å².